The Morgan fingerprint density at radius 3 is 2.29 bits per heavy atom. The van der Waals surface area contributed by atoms with Gasteiger partial charge in [-0.15, -0.1) is 0 Å². The van der Waals surface area contributed by atoms with Crippen molar-refractivity contribution < 1.29 is 9.59 Å². The van der Waals surface area contributed by atoms with E-state index in [1.807, 2.05) is 75.4 Å². The van der Waals surface area contributed by atoms with Gasteiger partial charge in [-0.2, -0.15) is 0 Å². The van der Waals surface area contributed by atoms with E-state index >= 15 is 0 Å². The van der Waals surface area contributed by atoms with E-state index in [2.05, 4.69) is 21.2 Å². The lowest BCUT2D eigenvalue weighted by atomic mass is 10.1. The zero-order valence-electron chi connectivity index (χ0n) is 17.0. The fourth-order valence-electron chi connectivity index (χ4n) is 2.93. The molecule has 0 aromatic heterocycles. The van der Waals surface area contributed by atoms with E-state index in [-0.39, 0.29) is 17.4 Å². The Balaban J connectivity index is 2.16. The van der Waals surface area contributed by atoms with Gasteiger partial charge in [0.25, 0.3) is 0 Å². The number of carbonyl (C=O) groups is 2. The topological polar surface area (TPSA) is 49.4 Å². The largest absolute Gasteiger partial charge is 0.350 e. The summed E-state index contributed by atoms with van der Waals surface area (Å²) < 4.78 is 0.952. The monoisotopic (exact) mass is 444 g/mol. The number of halogens is 1. The zero-order chi connectivity index (χ0) is 20.7. The number of nitrogens with one attached hydrogen (secondary N) is 1. The van der Waals surface area contributed by atoms with Crippen LogP contribution >= 0.6 is 15.9 Å². The predicted octanol–water partition coefficient (Wildman–Crippen LogP) is 4.71. The minimum atomic E-state index is -0.554. The average molecular weight is 445 g/mol. The van der Waals surface area contributed by atoms with Crippen LogP contribution in [-0.2, 0) is 22.6 Å². The van der Waals surface area contributed by atoms with Gasteiger partial charge in [0.2, 0.25) is 11.8 Å². The van der Waals surface area contributed by atoms with Crippen LogP contribution in [0.5, 0.6) is 0 Å². The molecule has 1 N–H and O–H groups in total. The van der Waals surface area contributed by atoms with Crippen LogP contribution in [0.25, 0.3) is 0 Å². The first-order valence-electron chi connectivity index (χ1n) is 9.55. The van der Waals surface area contributed by atoms with Gasteiger partial charge in [-0.25, -0.2) is 0 Å². The van der Waals surface area contributed by atoms with Gasteiger partial charge >= 0.3 is 0 Å². The zero-order valence-corrected chi connectivity index (χ0v) is 18.6. The van der Waals surface area contributed by atoms with Gasteiger partial charge in [-0.3, -0.25) is 9.59 Å². The summed E-state index contributed by atoms with van der Waals surface area (Å²) in [7, 11) is 0. The molecule has 28 heavy (non-hydrogen) atoms. The molecular formula is C23H29BrN2O2. The first kappa shape index (κ1) is 22.2. The maximum absolute atomic E-state index is 13.1. The molecule has 2 amide bonds. The van der Waals surface area contributed by atoms with Crippen molar-refractivity contribution in [1.29, 1.82) is 0 Å². The quantitative estimate of drug-likeness (QED) is 0.671. The van der Waals surface area contributed by atoms with E-state index in [0.29, 0.717) is 19.4 Å². The van der Waals surface area contributed by atoms with Gasteiger partial charge in [0.05, 0.1) is 0 Å². The molecule has 0 saturated carbocycles. The first-order chi connectivity index (χ1) is 13.2. The second-order valence-electron chi connectivity index (χ2n) is 8.05. The molecule has 0 bridgehead atoms. The Hall–Kier alpha value is -2.14. The molecular weight excluding hydrogens is 416 g/mol. The molecule has 0 saturated heterocycles. The van der Waals surface area contributed by atoms with E-state index in [1.54, 1.807) is 11.8 Å². The number of nitrogens with zero attached hydrogens (tertiary/aromatic N) is 1. The lowest BCUT2D eigenvalue weighted by Crippen LogP contribution is -2.52. The van der Waals surface area contributed by atoms with Gasteiger partial charge in [0.15, 0.2) is 0 Å². The molecule has 0 fully saturated rings. The molecule has 1 atom stereocenters. The normalized spacial score (nSPS) is 12.3. The molecule has 0 aliphatic rings. The van der Waals surface area contributed by atoms with Crippen molar-refractivity contribution in [2.45, 2.75) is 58.7 Å². The van der Waals surface area contributed by atoms with Crippen LogP contribution < -0.4 is 5.32 Å². The Kier molecular flexibility index (Phi) is 7.81. The van der Waals surface area contributed by atoms with Gasteiger partial charge < -0.3 is 10.2 Å². The Labute approximate surface area is 176 Å². The van der Waals surface area contributed by atoms with E-state index in [4.69, 9.17) is 0 Å². The highest BCUT2D eigenvalue weighted by molar-refractivity contribution is 9.10. The van der Waals surface area contributed by atoms with Crippen molar-refractivity contribution in [3.8, 4) is 0 Å². The first-order valence-corrected chi connectivity index (χ1v) is 10.3. The number of rotatable bonds is 7. The summed E-state index contributed by atoms with van der Waals surface area (Å²) in [4.78, 5) is 27.4. The second-order valence-corrected chi connectivity index (χ2v) is 8.97. The van der Waals surface area contributed by atoms with E-state index in [9.17, 15) is 9.59 Å². The molecule has 2 rings (SSSR count). The summed E-state index contributed by atoms with van der Waals surface area (Å²) in [6.07, 6.45) is 1.02. The van der Waals surface area contributed by atoms with Crippen molar-refractivity contribution in [3.63, 3.8) is 0 Å². The average Bonchev–Trinajstić information content (AvgIpc) is 2.63. The highest BCUT2D eigenvalue weighted by Gasteiger charge is 2.28. The molecule has 0 heterocycles. The number of hydrogen-bond donors (Lipinski definition) is 1. The highest BCUT2D eigenvalue weighted by Crippen LogP contribution is 2.17. The number of hydrogen-bond acceptors (Lipinski definition) is 2. The van der Waals surface area contributed by atoms with Crippen LogP contribution in [0.1, 0.15) is 45.2 Å². The predicted molar refractivity (Wildman–Crippen MR) is 117 cm³/mol. The lowest BCUT2D eigenvalue weighted by molar-refractivity contribution is -0.141. The maximum atomic E-state index is 13.1. The summed E-state index contributed by atoms with van der Waals surface area (Å²) in [6, 6.07) is 17.2. The van der Waals surface area contributed by atoms with Crippen molar-refractivity contribution >= 4 is 27.7 Å². The van der Waals surface area contributed by atoms with Crippen LogP contribution in [0, 0.1) is 0 Å². The summed E-state index contributed by atoms with van der Waals surface area (Å²) in [6.45, 7) is 8.00. The standard InChI is InChI=1S/C23H29BrN2O2/c1-17(22(28)25-23(2,3)4)26(16-19-11-8-12-20(24)15-19)21(27)14-13-18-9-6-5-7-10-18/h5-12,15,17H,13-14,16H2,1-4H3,(H,25,28). The van der Waals surface area contributed by atoms with Crippen LogP contribution in [0.15, 0.2) is 59.1 Å². The summed E-state index contributed by atoms with van der Waals surface area (Å²) in [5.41, 5.74) is 1.75. The van der Waals surface area contributed by atoms with Crippen LogP contribution in [0.3, 0.4) is 0 Å². The van der Waals surface area contributed by atoms with Crippen LogP contribution in [0.2, 0.25) is 0 Å². The number of carbonyl (C=O) groups excluding carboxylic acids is 2. The van der Waals surface area contributed by atoms with Gasteiger partial charge in [0, 0.05) is 23.0 Å². The van der Waals surface area contributed by atoms with Crippen molar-refractivity contribution in [2.24, 2.45) is 0 Å². The minimum Gasteiger partial charge on any atom is -0.350 e. The SMILES string of the molecule is CC(C(=O)NC(C)(C)C)N(Cc1cccc(Br)c1)C(=O)CCc1ccccc1. The summed E-state index contributed by atoms with van der Waals surface area (Å²) >= 11 is 3.47. The van der Waals surface area contributed by atoms with E-state index < -0.39 is 6.04 Å². The third-order valence-electron chi connectivity index (χ3n) is 4.38. The molecule has 0 radical (unpaired) electrons. The molecule has 2 aromatic carbocycles. The molecule has 2 aromatic rings. The van der Waals surface area contributed by atoms with E-state index in [0.717, 1.165) is 15.6 Å². The Bertz CT molecular complexity index is 800. The van der Waals surface area contributed by atoms with Crippen LogP contribution in [-0.4, -0.2) is 28.3 Å². The number of amides is 2. The summed E-state index contributed by atoms with van der Waals surface area (Å²) in [5.74, 6) is -0.170. The summed E-state index contributed by atoms with van der Waals surface area (Å²) in [5, 5.41) is 2.98. The molecule has 1 unspecified atom stereocenters. The van der Waals surface area contributed by atoms with Gasteiger partial charge in [-0.05, 0) is 57.4 Å². The fraction of sp³-hybridized carbons (Fsp3) is 0.391. The van der Waals surface area contributed by atoms with E-state index in [1.165, 1.54) is 0 Å². The fourth-order valence-corrected chi connectivity index (χ4v) is 3.37. The van der Waals surface area contributed by atoms with Crippen LogP contribution in [0.4, 0.5) is 0 Å². The molecule has 0 spiro atoms. The third-order valence-corrected chi connectivity index (χ3v) is 4.87. The number of benzene rings is 2. The van der Waals surface area contributed by atoms with Gasteiger partial charge in [0.1, 0.15) is 6.04 Å². The minimum absolute atomic E-state index is 0.0274. The molecule has 0 aliphatic carbocycles. The van der Waals surface area contributed by atoms with Crippen molar-refractivity contribution in [3.05, 3.63) is 70.2 Å². The Morgan fingerprint density at radius 2 is 1.68 bits per heavy atom. The van der Waals surface area contributed by atoms with Gasteiger partial charge in [-0.1, -0.05) is 58.4 Å². The van der Waals surface area contributed by atoms with Crippen molar-refractivity contribution in [1.82, 2.24) is 10.2 Å². The third kappa shape index (κ3) is 7.12. The Morgan fingerprint density at radius 1 is 1.04 bits per heavy atom. The van der Waals surface area contributed by atoms with Crippen molar-refractivity contribution in [2.75, 3.05) is 0 Å². The molecule has 150 valence electrons. The number of aryl methyl sites for hydroxylation is 1. The molecule has 4 nitrogen and oxygen atoms in total. The maximum Gasteiger partial charge on any atom is 0.242 e. The second kappa shape index (κ2) is 9.87. The highest BCUT2D eigenvalue weighted by atomic mass is 79.9. The molecule has 0 aliphatic heterocycles. The smallest absolute Gasteiger partial charge is 0.242 e. The lowest BCUT2D eigenvalue weighted by Gasteiger charge is -2.31. The molecule has 5 heteroatoms.